The zero-order valence-corrected chi connectivity index (χ0v) is 17.5. The first-order chi connectivity index (χ1) is 14.9. The van der Waals surface area contributed by atoms with Crippen LogP contribution >= 0.6 is 0 Å². The van der Waals surface area contributed by atoms with Crippen LogP contribution < -0.4 is 4.74 Å². The molecule has 5 rings (SSSR count). The molecule has 1 fully saturated rings. The van der Waals surface area contributed by atoms with Crippen molar-refractivity contribution >= 4 is 11.9 Å². The first-order valence-corrected chi connectivity index (χ1v) is 10.3. The third-order valence-corrected chi connectivity index (χ3v) is 6.27. The van der Waals surface area contributed by atoms with E-state index >= 15 is 0 Å². The van der Waals surface area contributed by atoms with Crippen LogP contribution in [0.5, 0.6) is 5.75 Å². The van der Waals surface area contributed by atoms with Crippen molar-refractivity contribution in [2.75, 3.05) is 0 Å². The fraction of sp³-hybridized carbons (Fsp3) is 0.429. The van der Waals surface area contributed by atoms with Crippen LogP contribution in [0, 0.1) is 5.41 Å². The molecular formula is C21H22N6O4. The number of hydrogen-bond donors (Lipinski definition) is 1. The van der Waals surface area contributed by atoms with E-state index in [1.165, 1.54) is 36.0 Å². The number of carbonyl (C=O) groups excluding carboxylic acids is 2. The monoisotopic (exact) mass is 422 g/mol. The van der Waals surface area contributed by atoms with E-state index < -0.39 is 18.2 Å². The van der Waals surface area contributed by atoms with Gasteiger partial charge in [-0.25, -0.2) is 4.79 Å². The predicted octanol–water partition coefficient (Wildman–Crippen LogP) is 2.80. The zero-order chi connectivity index (χ0) is 21.8. The molecule has 0 aliphatic heterocycles. The Bertz CT molecular complexity index is 1180. The summed E-state index contributed by atoms with van der Waals surface area (Å²) in [7, 11) is 0. The summed E-state index contributed by atoms with van der Waals surface area (Å²) in [6.07, 6.45) is 2.50. The average Bonchev–Trinajstić information content (AvgIpc) is 3.08. The molecule has 0 bridgehead atoms. The van der Waals surface area contributed by atoms with Crippen molar-refractivity contribution in [3.05, 3.63) is 41.1 Å². The molecule has 2 heterocycles. The number of hydrogen-bond acceptors (Lipinski definition) is 8. The lowest BCUT2D eigenvalue weighted by Crippen LogP contribution is -2.18. The van der Waals surface area contributed by atoms with Crippen molar-refractivity contribution in [3.63, 3.8) is 0 Å². The maximum absolute atomic E-state index is 12.6. The Morgan fingerprint density at radius 2 is 2.16 bits per heavy atom. The number of esters is 2. The lowest BCUT2D eigenvalue weighted by atomic mass is 9.98. The van der Waals surface area contributed by atoms with Gasteiger partial charge < -0.3 is 9.47 Å². The Kier molecular flexibility index (Phi) is 4.38. The molecule has 1 saturated carbocycles. The highest BCUT2D eigenvalue weighted by Crippen LogP contribution is 2.68. The SMILES string of the molecule is CCC12Cc3c(-c4nnn(C(C)OC(=O)c5ccccc5OC(C)=O)n4)n[nH]c3C1C2. The van der Waals surface area contributed by atoms with Crippen LogP contribution in [0.3, 0.4) is 0 Å². The quantitative estimate of drug-likeness (QED) is 0.475. The molecule has 2 aromatic heterocycles. The number of benzene rings is 1. The summed E-state index contributed by atoms with van der Waals surface area (Å²) in [5.41, 5.74) is 3.57. The highest BCUT2D eigenvalue weighted by molar-refractivity contribution is 5.93. The standard InChI is InChI=1S/C21H22N6O4/c1-4-21-9-14-17(15(21)10-21)22-23-18(14)19-24-26-27(25-19)11(2)30-20(29)13-7-5-6-8-16(13)31-12(3)28/h5-8,11,15H,4,9-10H2,1-3H3,(H,22,23). The summed E-state index contributed by atoms with van der Waals surface area (Å²) < 4.78 is 10.5. The second kappa shape index (κ2) is 7.00. The largest absolute Gasteiger partial charge is 0.435 e. The molecule has 160 valence electrons. The molecule has 1 N–H and O–H groups in total. The van der Waals surface area contributed by atoms with Crippen LogP contribution in [0.15, 0.2) is 24.3 Å². The highest BCUT2D eigenvalue weighted by atomic mass is 16.6. The summed E-state index contributed by atoms with van der Waals surface area (Å²) in [6, 6.07) is 6.38. The van der Waals surface area contributed by atoms with Crippen molar-refractivity contribution in [2.45, 2.75) is 52.2 Å². The van der Waals surface area contributed by atoms with Crippen LogP contribution in [0.4, 0.5) is 0 Å². The topological polar surface area (TPSA) is 125 Å². The van der Waals surface area contributed by atoms with Gasteiger partial charge in [-0.15, -0.1) is 15.0 Å². The van der Waals surface area contributed by atoms with Crippen molar-refractivity contribution in [2.24, 2.45) is 5.41 Å². The van der Waals surface area contributed by atoms with Gasteiger partial charge >= 0.3 is 11.9 Å². The van der Waals surface area contributed by atoms with E-state index in [-0.39, 0.29) is 11.3 Å². The van der Waals surface area contributed by atoms with E-state index in [2.05, 4.69) is 32.5 Å². The van der Waals surface area contributed by atoms with Crippen molar-refractivity contribution in [1.82, 2.24) is 30.4 Å². The van der Waals surface area contributed by atoms with Crippen LogP contribution in [0.1, 0.15) is 67.4 Å². The second-order valence-electron chi connectivity index (χ2n) is 8.14. The van der Waals surface area contributed by atoms with Gasteiger partial charge in [0.15, 0.2) is 0 Å². The number of rotatable bonds is 6. The second-order valence-corrected chi connectivity index (χ2v) is 8.14. The molecule has 0 radical (unpaired) electrons. The number of ether oxygens (including phenoxy) is 2. The van der Waals surface area contributed by atoms with E-state index in [1.807, 2.05) is 0 Å². The minimum Gasteiger partial charge on any atom is -0.435 e. The Morgan fingerprint density at radius 3 is 2.94 bits per heavy atom. The maximum atomic E-state index is 12.6. The Morgan fingerprint density at radius 1 is 1.35 bits per heavy atom. The van der Waals surface area contributed by atoms with E-state index in [4.69, 9.17) is 9.47 Å². The summed E-state index contributed by atoms with van der Waals surface area (Å²) in [5, 5.41) is 20.1. The van der Waals surface area contributed by atoms with E-state index in [1.54, 1.807) is 19.1 Å². The van der Waals surface area contributed by atoms with Gasteiger partial charge in [-0.05, 0) is 48.9 Å². The number of carbonyl (C=O) groups is 2. The van der Waals surface area contributed by atoms with E-state index in [9.17, 15) is 9.59 Å². The molecule has 3 atom stereocenters. The molecule has 0 spiro atoms. The van der Waals surface area contributed by atoms with Crippen LogP contribution in [-0.2, 0) is 16.0 Å². The molecule has 0 saturated heterocycles. The summed E-state index contributed by atoms with van der Waals surface area (Å²) in [6.45, 7) is 5.13. The zero-order valence-electron chi connectivity index (χ0n) is 17.5. The normalized spacial score (nSPS) is 21.8. The van der Waals surface area contributed by atoms with Crippen molar-refractivity contribution < 1.29 is 19.1 Å². The molecule has 3 aromatic rings. The number of para-hydroxylation sites is 1. The fourth-order valence-corrected chi connectivity index (χ4v) is 4.47. The van der Waals surface area contributed by atoms with Crippen molar-refractivity contribution in [3.8, 4) is 17.3 Å². The van der Waals surface area contributed by atoms with Gasteiger partial charge in [0.2, 0.25) is 12.1 Å². The number of aromatic nitrogens is 6. The molecule has 3 unspecified atom stereocenters. The number of aromatic amines is 1. The Hall–Kier alpha value is -3.56. The van der Waals surface area contributed by atoms with E-state index in [0.717, 1.165) is 18.4 Å². The molecule has 0 amide bonds. The van der Waals surface area contributed by atoms with Gasteiger partial charge in [0.25, 0.3) is 0 Å². The Labute approximate surface area is 177 Å². The smallest absolute Gasteiger partial charge is 0.343 e. The Balaban J connectivity index is 1.32. The molecule has 2 aliphatic rings. The number of tetrazole rings is 1. The van der Waals surface area contributed by atoms with Gasteiger partial charge in [0.1, 0.15) is 17.0 Å². The highest BCUT2D eigenvalue weighted by Gasteiger charge is 2.60. The van der Waals surface area contributed by atoms with Gasteiger partial charge in [-0.1, -0.05) is 19.1 Å². The van der Waals surface area contributed by atoms with E-state index in [0.29, 0.717) is 22.9 Å². The first kappa shape index (κ1) is 19.4. The first-order valence-electron chi connectivity index (χ1n) is 10.3. The third kappa shape index (κ3) is 3.18. The fourth-order valence-electron chi connectivity index (χ4n) is 4.47. The van der Waals surface area contributed by atoms with Gasteiger partial charge in [-0.3, -0.25) is 9.89 Å². The molecule has 2 aliphatic carbocycles. The number of nitrogens with one attached hydrogen (secondary N) is 1. The van der Waals surface area contributed by atoms with Crippen LogP contribution in [0.25, 0.3) is 11.5 Å². The van der Waals surface area contributed by atoms with Gasteiger partial charge in [0, 0.05) is 24.1 Å². The molecule has 10 nitrogen and oxygen atoms in total. The lowest BCUT2D eigenvalue weighted by molar-refractivity contribution is -0.131. The molecule has 31 heavy (non-hydrogen) atoms. The van der Waals surface area contributed by atoms with Gasteiger partial charge in [0.05, 0.1) is 0 Å². The minimum absolute atomic E-state index is 0.134. The average molecular weight is 422 g/mol. The molecule has 1 aromatic carbocycles. The van der Waals surface area contributed by atoms with Crippen LogP contribution in [-0.4, -0.2) is 42.3 Å². The lowest BCUT2D eigenvalue weighted by Gasteiger charge is -2.13. The third-order valence-electron chi connectivity index (χ3n) is 6.27. The number of nitrogens with zero attached hydrogens (tertiary/aromatic N) is 5. The van der Waals surface area contributed by atoms with Crippen LogP contribution in [0.2, 0.25) is 0 Å². The van der Waals surface area contributed by atoms with Crippen molar-refractivity contribution in [1.29, 1.82) is 0 Å². The number of H-pyrrole nitrogens is 1. The van der Waals surface area contributed by atoms with Gasteiger partial charge in [-0.2, -0.15) is 5.10 Å². The maximum Gasteiger partial charge on any atom is 0.343 e. The predicted molar refractivity (Wildman–Crippen MR) is 107 cm³/mol. The molecule has 10 heteroatoms. The minimum atomic E-state index is -0.818. The summed E-state index contributed by atoms with van der Waals surface area (Å²) in [5.74, 6) is -0.0945. The molecular weight excluding hydrogens is 400 g/mol. The number of fused-ring (bicyclic) bond motifs is 3. The summed E-state index contributed by atoms with van der Waals surface area (Å²) >= 11 is 0. The summed E-state index contributed by atoms with van der Waals surface area (Å²) in [4.78, 5) is 25.1.